The number of ether oxygens (including phenoxy) is 3. The summed E-state index contributed by atoms with van der Waals surface area (Å²) < 4.78 is 18.0. The van der Waals surface area contributed by atoms with E-state index in [2.05, 4.69) is 12.2 Å². The zero-order valence-electron chi connectivity index (χ0n) is 21.0. The van der Waals surface area contributed by atoms with Crippen molar-refractivity contribution in [2.24, 2.45) is 18.9 Å². The van der Waals surface area contributed by atoms with Crippen molar-refractivity contribution in [2.75, 3.05) is 33.7 Å². The number of hydrogen-bond donors (Lipinski definition) is 3. The third kappa shape index (κ3) is 7.51. The van der Waals surface area contributed by atoms with Gasteiger partial charge in [0.1, 0.15) is 6.79 Å². The number of aryl methyl sites for hydroxylation is 1. The van der Waals surface area contributed by atoms with E-state index in [0.29, 0.717) is 19.1 Å². The van der Waals surface area contributed by atoms with E-state index in [1.807, 2.05) is 47.6 Å². The maximum absolute atomic E-state index is 13.1. The smallest absolute Gasteiger partial charge is 0.251 e. The quantitative estimate of drug-likeness (QED) is 0.173. The second-order valence-electron chi connectivity index (χ2n) is 9.53. The van der Waals surface area contributed by atoms with Gasteiger partial charge in [0.25, 0.3) is 5.91 Å². The first-order chi connectivity index (χ1) is 16.9. The first-order valence-electron chi connectivity index (χ1n) is 12.4. The Hall–Kier alpha value is -2.46. The largest absolute Gasteiger partial charge is 0.382 e. The normalized spacial score (nSPS) is 19.9. The zero-order valence-corrected chi connectivity index (χ0v) is 21.0. The van der Waals surface area contributed by atoms with Crippen LogP contribution in [0.1, 0.15) is 50.5 Å². The first-order valence-corrected chi connectivity index (χ1v) is 12.4. The Morgan fingerprint density at radius 3 is 2.60 bits per heavy atom. The molecule has 2 aromatic rings. The van der Waals surface area contributed by atoms with Gasteiger partial charge in [0.2, 0.25) is 5.91 Å². The molecule has 2 atom stereocenters. The molecule has 0 saturated heterocycles. The number of hydrogen-bond acceptors (Lipinski definition) is 6. The van der Waals surface area contributed by atoms with Crippen LogP contribution in [0, 0.1) is 11.8 Å². The molecule has 1 aromatic heterocycles. The fourth-order valence-corrected chi connectivity index (χ4v) is 4.85. The number of carbonyl (C=O) groups excluding carboxylic acids is 2. The molecule has 194 valence electrons. The molecule has 2 unspecified atom stereocenters. The summed E-state index contributed by atoms with van der Waals surface area (Å²) >= 11 is 0. The van der Waals surface area contributed by atoms with E-state index < -0.39 is 17.9 Å². The molecule has 3 rings (SSSR count). The molecule has 1 fully saturated rings. The molecule has 0 bridgehead atoms. The monoisotopic (exact) mass is 489 g/mol. The Morgan fingerprint density at radius 2 is 1.89 bits per heavy atom. The van der Waals surface area contributed by atoms with Crippen LogP contribution in [0.25, 0.3) is 10.9 Å². The van der Waals surface area contributed by atoms with Crippen LogP contribution < -0.4 is 10.8 Å². The van der Waals surface area contributed by atoms with E-state index in [1.54, 1.807) is 7.11 Å². The zero-order chi connectivity index (χ0) is 25.2. The van der Waals surface area contributed by atoms with Crippen LogP contribution in [0.4, 0.5) is 0 Å². The fourth-order valence-electron chi connectivity index (χ4n) is 4.85. The molecule has 3 N–H and O–H groups in total. The van der Waals surface area contributed by atoms with Crippen molar-refractivity contribution in [2.45, 2.75) is 51.0 Å². The first kappa shape index (κ1) is 27.1. The molecule has 0 radical (unpaired) electrons. The Bertz CT molecular complexity index is 954. The summed E-state index contributed by atoms with van der Waals surface area (Å²) in [6.07, 6.45) is 5.99. The molecule has 2 amide bonds. The van der Waals surface area contributed by atoms with Crippen LogP contribution >= 0.6 is 0 Å². The number of methoxy groups -OCH3 is 1. The minimum absolute atomic E-state index is 0.00752. The highest BCUT2D eigenvalue weighted by atomic mass is 16.7. The van der Waals surface area contributed by atoms with Crippen molar-refractivity contribution in [1.82, 2.24) is 15.4 Å². The van der Waals surface area contributed by atoms with Gasteiger partial charge in [0.15, 0.2) is 0 Å². The second kappa shape index (κ2) is 13.6. The molecule has 1 aliphatic carbocycles. The van der Waals surface area contributed by atoms with Crippen LogP contribution in [-0.2, 0) is 30.8 Å². The summed E-state index contributed by atoms with van der Waals surface area (Å²) in [7, 11) is 3.52. The summed E-state index contributed by atoms with van der Waals surface area (Å²) in [5.41, 5.74) is 3.59. The Labute approximate surface area is 207 Å². The number of nitrogens with one attached hydrogen (secondary N) is 2. The van der Waals surface area contributed by atoms with E-state index in [0.717, 1.165) is 42.1 Å². The van der Waals surface area contributed by atoms with Gasteiger partial charge in [-0.15, -0.1) is 0 Å². The van der Waals surface area contributed by atoms with Gasteiger partial charge in [-0.05, 0) is 49.7 Å². The molecule has 35 heavy (non-hydrogen) atoms. The highest BCUT2D eigenvalue weighted by molar-refractivity contribution is 5.92. The summed E-state index contributed by atoms with van der Waals surface area (Å²) in [5, 5.41) is 13.6. The van der Waals surface area contributed by atoms with Gasteiger partial charge in [-0.25, -0.2) is 5.48 Å². The van der Waals surface area contributed by atoms with Crippen LogP contribution in [0.15, 0.2) is 30.5 Å². The highest BCUT2D eigenvalue weighted by Crippen LogP contribution is 2.32. The van der Waals surface area contributed by atoms with Crippen LogP contribution in [0.3, 0.4) is 0 Å². The molecule has 0 spiro atoms. The number of nitrogens with zero attached hydrogens (tertiary/aromatic N) is 1. The van der Waals surface area contributed by atoms with Crippen molar-refractivity contribution in [3.05, 3.63) is 36.0 Å². The number of aromatic nitrogens is 1. The predicted octanol–water partition coefficient (Wildman–Crippen LogP) is 3.11. The molecule has 1 aliphatic rings. The highest BCUT2D eigenvalue weighted by Gasteiger charge is 2.31. The third-order valence-corrected chi connectivity index (χ3v) is 6.90. The Morgan fingerprint density at radius 1 is 1.14 bits per heavy atom. The van der Waals surface area contributed by atoms with E-state index in [-0.39, 0.29) is 31.6 Å². The maximum atomic E-state index is 13.1. The topological polar surface area (TPSA) is 111 Å². The average molecular weight is 490 g/mol. The number of carbonyl (C=O) groups is 2. The predicted molar refractivity (Wildman–Crippen MR) is 132 cm³/mol. The number of benzene rings is 1. The third-order valence-electron chi connectivity index (χ3n) is 6.90. The molecular formula is C26H39N3O6. The van der Waals surface area contributed by atoms with Crippen LogP contribution in [0.2, 0.25) is 0 Å². The summed E-state index contributed by atoms with van der Waals surface area (Å²) in [6.45, 7) is 3.32. The Kier molecular flexibility index (Phi) is 10.5. The van der Waals surface area contributed by atoms with E-state index >= 15 is 0 Å². The van der Waals surface area contributed by atoms with Gasteiger partial charge in [-0.2, -0.15) is 0 Å². The number of hydroxylamine groups is 1. The fraction of sp³-hybridized carbons (Fsp3) is 0.615. The lowest BCUT2D eigenvalue weighted by atomic mass is 9.82. The average Bonchev–Trinajstić information content (AvgIpc) is 3.20. The molecule has 9 nitrogen and oxygen atoms in total. The molecule has 9 heteroatoms. The van der Waals surface area contributed by atoms with E-state index in [4.69, 9.17) is 14.2 Å². The minimum atomic E-state index is -0.680. The van der Waals surface area contributed by atoms with Crippen molar-refractivity contribution in [3.63, 3.8) is 0 Å². The van der Waals surface area contributed by atoms with Gasteiger partial charge >= 0.3 is 0 Å². The van der Waals surface area contributed by atoms with Crippen molar-refractivity contribution < 1.29 is 29.0 Å². The number of para-hydroxylation sites is 1. The van der Waals surface area contributed by atoms with Crippen LogP contribution in [0.5, 0.6) is 0 Å². The van der Waals surface area contributed by atoms with Crippen LogP contribution in [-0.4, -0.2) is 61.4 Å². The Balaban J connectivity index is 1.76. The second-order valence-corrected chi connectivity index (χ2v) is 9.53. The number of rotatable bonds is 13. The summed E-state index contributed by atoms with van der Waals surface area (Å²) in [5.74, 6) is -0.600. The minimum Gasteiger partial charge on any atom is -0.382 e. The lowest BCUT2D eigenvalue weighted by Gasteiger charge is -2.29. The van der Waals surface area contributed by atoms with E-state index in [1.165, 1.54) is 0 Å². The lowest BCUT2D eigenvalue weighted by molar-refractivity contribution is -0.133. The van der Waals surface area contributed by atoms with E-state index in [9.17, 15) is 14.8 Å². The number of fused-ring (bicyclic) bond motifs is 1. The number of amides is 2. The van der Waals surface area contributed by atoms with Crippen molar-refractivity contribution in [1.29, 1.82) is 0 Å². The maximum Gasteiger partial charge on any atom is 0.251 e. The van der Waals surface area contributed by atoms with Gasteiger partial charge in [0.05, 0.1) is 31.8 Å². The summed E-state index contributed by atoms with van der Waals surface area (Å²) in [6, 6.07) is 7.37. The molecule has 1 saturated carbocycles. The van der Waals surface area contributed by atoms with Crippen molar-refractivity contribution >= 4 is 22.7 Å². The lowest BCUT2D eigenvalue weighted by Crippen LogP contribution is -2.44. The standard InChI is InChI=1S/C26H39N3O6/c1-18-8-10-19(11-9-18)25(30)27-20(16-35-17-34-13-12-33-3)14-22(26(31)28-32)23-15-29(2)24-7-5-4-6-21(23)24/h4-7,15,18-20,22,32H,8-14,16-17H2,1-3H3,(H,27,30)(H,28,31). The molecule has 1 aromatic carbocycles. The molecular weight excluding hydrogens is 450 g/mol. The van der Waals surface area contributed by atoms with Gasteiger partial charge in [0, 0.05) is 37.2 Å². The van der Waals surface area contributed by atoms with Gasteiger partial charge < -0.3 is 24.1 Å². The van der Waals surface area contributed by atoms with Gasteiger partial charge in [-0.3, -0.25) is 14.8 Å². The van der Waals surface area contributed by atoms with Gasteiger partial charge in [-0.1, -0.05) is 25.1 Å². The SMILES string of the molecule is COCCOCOCC(CC(C(=O)NO)c1cn(C)c2ccccc12)NC(=O)C1CCC(C)CC1. The molecule has 1 heterocycles. The van der Waals surface area contributed by atoms with Crippen molar-refractivity contribution in [3.8, 4) is 0 Å². The summed E-state index contributed by atoms with van der Waals surface area (Å²) in [4.78, 5) is 25.9. The molecule has 0 aliphatic heterocycles.